The zero-order valence-corrected chi connectivity index (χ0v) is 16.7. The lowest BCUT2D eigenvalue weighted by atomic mass is 9.81. The number of aryl methyl sites for hydroxylation is 1. The van der Waals surface area contributed by atoms with E-state index in [1.165, 1.54) is 43.8 Å². The Hall–Kier alpha value is -3.38. The van der Waals surface area contributed by atoms with E-state index in [0.29, 0.717) is 5.92 Å². The van der Waals surface area contributed by atoms with Gasteiger partial charge >= 0.3 is 0 Å². The molecule has 0 bridgehead atoms. The normalized spacial score (nSPS) is 11.4. The molecule has 0 aromatic heterocycles. The predicted molar refractivity (Wildman–Crippen MR) is 125 cm³/mol. The number of fused-ring (bicyclic) bond motifs is 2. The highest BCUT2D eigenvalue weighted by molar-refractivity contribution is 5.90. The monoisotopic (exact) mass is 372 g/mol. The summed E-state index contributed by atoms with van der Waals surface area (Å²) >= 11 is 0. The second-order valence-electron chi connectivity index (χ2n) is 7.88. The summed E-state index contributed by atoms with van der Waals surface area (Å²) < 4.78 is 0. The van der Waals surface area contributed by atoms with E-state index in [1.54, 1.807) is 0 Å². The fraction of sp³-hybridized carbons (Fsp3) is 0.103. The number of benzene rings is 5. The van der Waals surface area contributed by atoms with Gasteiger partial charge in [0.1, 0.15) is 0 Å². The van der Waals surface area contributed by atoms with Crippen LogP contribution in [0.25, 0.3) is 21.5 Å². The quantitative estimate of drug-likeness (QED) is 0.303. The average molecular weight is 373 g/mol. The van der Waals surface area contributed by atoms with Crippen molar-refractivity contribution < 1.29 is 0 Å². The molecule has 0 aliphatic carbocycles. The van der Waals surface area contributed by atoms with E-state index < -0.39 is 0 Å². The first-order valence-electron chi connectivity index (χ1n) is 10.3. The molecule has 0 aliphatic heterocycles. The third kappa shape index (κ3) is 3.43. The summed E-state index contributed by atoms with van der Waals surface area (Å²) in [6, 6.07) is 39.9. The van der Waals surface area contributed by atoms with Gasteiger partial charge in [-0.2, -0.15) is 0 Å². The third-order valence-corrected chi connectivity index (χ3v) is 5.96. The van der Waals surface area contributed by atoms with E-state index in [2.05, 4.69) is 116 Å². The minimum absolute atomic E-state index is 0.301. The zero-order valence-electron chi connectivity index (χ0n) is 16.7. The first-order chi connectivity index (χ1) is 14.3. The van der Waals surface area contributed by atoms with Crippen LogP contribution in [0.5, 0.6) is 0 Å². The Bertz CT molecular complexity index is 1190. The van der Waals surface area contributed by atoms with Crippen LogP contribution in [0.1, 0.15) is 28.2 Å². The van der Waals surface area contributed by atoms with Crippen LogP contribution < -0.4 is 0 Å². The first kappa shape index (κ1) is 17.7. The molecule has 0 saturated carbocycles. The molecular formula is C29H24. The summed E-state index contributed by atoms with van der Waals surface area (Å²) in [6.45, 7) is 2.15. The van der Waals surface area contributed by atoms with Crippen molar-refractivity contribution in [2.45, 2.75) is 19.3 Å². The Morgan fingerprint density at radius 1 is 0.517 bits per heavy atom. The van der Waals surface area contributed by atoms with Gasteiger partial charge in [-0.25, -0.2) is 0 Å². The Morgan fingerprint density at radius 2 is 1.00 bits per heavy atom. The molecule has 0 radical (unpaired) electrons. The Morgan fingerprint density at radius 3 is 1.55 bits per heavy atom. The van der Waals surface area contributed by atoms with Crippen LogP contribution in [-0.2, 0) is 6.42 Å². The highest BCUT2D eigenvalue weighted by Crippen LogP contribution is 2.37. The molecule has 0 fully saturated rings. The Labute approximate surface area is 172 Å². The molecule has 0 heterocycles. The molecule has 0 N–H and O–H groups in total. The molecule has 29 heavy (non-hydrogen) atoms. The van der Waals surface area contributed by atoms with Gasteiger partial charge in [-0.3, -0.25) is 0 Å². The van der Waals surface area contributed by atoms with Crippen molar-refractivity contribution in [3.8, 4) is 0 Å². The Kier molecular flexibility index (Phi) is 4.62. The highest BCUT2D eigenvalue weighted by atomic mass is 14.2. The average Bonchev–Trinajstić information content (AvgIpc) is 2.78. The topological polar surface area (TPSA) is 0 Å². The molecule has 5 aromatic rings. The van der Waals surface area contributed by atoms with Gasteiger partial charge in [0, 0.05) is 5.92 Å². The van der Waals surface area contributed by atoms with Crippen LogP contribution in [-0.4, -0.2) is 0 Å². The van der Waals surface area contributed by atoms with Gasteiger partial charge in [0.05, 0.1) is 0 Å². The van der Waals surface area contributed by atoms with Crippen molar-refractivity contribution in [3.63, 3.8) is 0 Å². The summed E-state index contributed by atoms with van der Waals surface area (Å²) in [5.74, 6) is 0.301. The molecule has 0 spiro atoms. The van der Waals surface area contributed by atoms with Gasteiger partial charge in [0.2, 0.25) is 0 Å². The third-order valence-electron chi connectivity index (χ3n) is 5.96. The molecule has 0 atom stereocenters. The molecule has 5 rings (SSSR count). The van der Waals surface area contributed by atoms with Gasteiger partial charge in [-0.15, -0.1) is 0 Å². The summed E-state index contributed by atoms with van der Waals surface area (Å²) in [7, 11) is 0. The van der Waals surface area contributed by atoms with Crippen molar-refractivity contribution >= 4 is 21.5 Å². The van der Waals surface area contributed by atoms with Crippen molar-refractivity contribution in [2.75, 3.05) is 0 Å². The van der Waals surface area contributed by atoms with Crippen molar-refractivity contribution in [2.24, 2.45) is 0 Å². The summed E-state index contributed by atoms with van der Waals surface area (Å²) in [5.41, 5.74) is 5.49. The van der Waals surface area contributed by atoms with Crippen molar-refractivity contribution in [3.05, 3.63) is 131 Å². The SMILES string of the molecule is Cc1ccc(CC(c2cccc3ccccc23)c2cccc3ccccc23)cc1. The van der Waals surface area contributed by atoms with E-state index in [9.17, 15) is 0 Å². The van der Waals surface area contributed by atoms with Gasteiger partial charge < -0.3 is 0 Å². The first-order valence-corrected chi connectivity index (χ1v) is 10.3. The summed E-state index contributed by atoms with van der Waals surface area (Å²) in [5, 5.41) is 5.30. The second kappa shape index (κ2) is 7.56. The fourth-order valence-corrected chi connectivity index (χ4v) is 4.46. The molecule has 140 valence electrons. The van der Waals surface area contributed by atoms with E-state index in [-0.39, 0.29) is 0 Å². The van der Waals surface area contributed by atoms with Crippen LogP contribution in [0.3, 0.4) is 0 Å². The lowest BCUT2D eigenvalue weighted by Gasteiger charge is -2.22. The van der Waals surface area contributed by atoms with Crippen LogP contribution in [0.4, 0.5) is 0 Å². The number of hydrogen-bond donors (Lipinski definition) is 0. The standard InChI is InChI=1S/C29H24/c1-21-16-18-22(19-17-21)20-29(27-14-6-10-23-8-2-4-12-25(23)27)28-15-7-11-24-9-3-5-13-26(24)28/h2-19,29H,20H2,1H3. The number of hydrogen-bond acceptors (Lipinski definition) is 0. The van der Waals surface area contributed by atoms with E-state index in [1.807, 2.05) is 0 Å². The van der Waals surface area contributed by atoms with Gasteiger partial charge in [-0.05, 0) is 51.6 Å². The van der Waals surface area contributed by atoms with E-state index in [4.69, 9.17) is 0 Å². The molecular weight excluding hydrogens is 348 g/mol. The van der Waals surface area contributed by atoms with Crippen LogP contribution >= 0.6 is 0 Å². The minimum Gasteiger partial charge on any atom is -0.0616 e. The largest absolute Gasteiger partial charge is 0.0616 e. The summed E-state index contributed by atoms with van der Waals surface area (Å²) in [6.07, 6.45) is 0.988. The van der Waals surface area contributed by atoms with Gasteiger partial charge in [0.15, 0.2) is 0 Å². The van der Waals surface area contributed by atoms with Gasteiger partial charge in [0.25, 0.3) is 0 Å². The van der Waals surface area contributed by atoms with Crippen LogP contribution in [0.15, 0.2) is 109 Å². The van der Waals surface area contributed by atoms with Crippen molar-refractivity contribution in [1.82, 2.24) is 0 Å². The highest BCUT2D eigenvalue weighted by Gasteiger charge is 2.19. The number of rotatable bonds is 4. The van der Waals surface area contributed by atoms with Crippen molar-refractivity contribution in [1.29, 1.82) is 0 Å². The zero-order chi connectivity index (χ0) is 19.6. The molecule has 5 aromatic carbocycles. The maximum absolute atomic E-state index is 2.31. The van der Waals surface area contributed by atoms with Gasteiger partial charge in [-0.1, -0.05) is 115 Å². The minimum atomic E-state index is 0.301. The fourth-order valence-electron chi connectivity index (χ4n) is 4.46. The molecule has 0 saturated heterocycles. The van der Waals surface area contributed by atoms with E-state index in [0.717, 1.165) is 6.42 Å². The molecule has 0 heteroatoms. The molecule has 0 nitrogen and oxygen atoms in total. The molecule has 0 unspecified atom stereocenters. The lowest BCUT2D eigenvalue weighted by molar-refractivity contribution is 0.819. The summed E-state index contributed by atoms with van der Waals surface area (Å²) in [4.78, 5) is 0. The van der Waals surface area contributed by atoms with Crippen LogP contribution in [0, 0.1) is 6.92 Å². The van der Waals surface area contributed by atoms with E-state index >= 15 is 0 Å². The van der Waals surface area contributed by atoms with Crippen LogP contribution in [0.2, 0.25) is 0 Å². The lowest BCUT2D eigenvalue weighted by Crippen LogP contribution is -2.07. The predicted octanol–water partition coefficient (Wildman–Crippen LogP) is 7.68. The maximum Gasteiger partial charge on any atom is 0.0142 e. The molecule has 0 amide bonds. The second-order valence-corrected chi connectivity index (χ2v) is 7.88. The molecule has 0 aliphatic rings. The Balaban J connectivity index is 1.73. The maximum atomic E-state index is 2.31. The smallest absolute Gasteiger partial charge is 0.0142 e.